The van der Waals surface area contributed by atoms with Gasteiger partial charge < -0.3 is 24.7 Å². The van der Waals surface area contributed by atoms with Gasteiger partial charge in [0.15, 0.2) is 0 Å². The first-order chi connectivity index (χ1) is 13.1. The zero-order valence-corrected chi connectivity index (χ0v) is 16.5. The Balaban J connectivity index is 1.63. The quantitative estimate of drug-likeness (QED) is 0.667. The average Bonchev–Trinajstić information content (AvgIpc) is 2.85. The number of hydrogen-bond acceptors (Lipinski definition) is 7. The SMILES string of the molecule is COCCn1c(CN2CCCN(C(=O)COC)CC2)nnc1C1CC(N)C1. The van der Waals surface area contributed by atoms with Gasteiger partial charge >= 0.3 is 0 Å². The normalized spacial score (nSPS) is 23.9. The maximum atomic E-state index is 12.1. The molecule has 0 spiro atoms. The summed E-state index contributed by atoms with van der Waals surface area (Å²) in [5, 5.41) is 8.96. The summed E-state index contributed by atoms with van der Waals surface area (Å²) >= 11 is 0. The Hall–Kier alpha value is -1.55. The van der Waals surface area contributed by atoms with Gasteiger partial charge in [0, 0.05) is 58.9 Å². The summed E-state index contributed by atoms with van der Waals surface area (Å²) in [7, 11) is 3.27. The predicted molar refractivity (Wildman–Crippen MR) is 100 cm³/mol. The van der Waals surface area contributed by atoms with Gasteiger partial charge in [0.25, 0.3) is 0 Å². The monoisotopic (exact) mass is 380 g/mol. The van der Waals surface area contributed by atoms with E-state index in [-0.39, 0.29) is 18.6 Å². The molecule has 1 amide bonds. The third-order valence-electron chi connectivity index (χ3n) is 5.49. The highest BCUT2D eigenvalue weighted by molar-refractivity contribution is 5.77. The molecule has 27 heavy (non-hydrogen) atoms. The zero-order valence-electron chi connectivity index (χ0n) is 16.5. The van der Waals surface area contributed by atoms with Crippen LogP contribution in [0, 0.1) is 0 Å². The van der Waals surface area contributed by atoms with Crippen LogP contribution >= 0.6 is 0 Å². The maximum Gasteiger partial charge on any atom is 0.248 e. The molecule has 9 heteroatoms. The van der Waals surface area contributed by atoms with Gasteiger partial charge in [-0.3, -0.25) is 9.69 Å². The fraction of sp³-hybridized carbons (Fsp3) is 0.833. The molecule has 0 aromatic carbocycles. The Morgan fingerprint density at radius 2 is 1.96 bits per heavy atom. The van der Waals surface area contributed by atoms with Crippen LogP contribution < -0.4 is 5.73 Å². The molecule has 1 aromatic heterocycles. The molecule has 2 fully saturated rings. The lowest BCUT2D eigenvalue weighted by Crippen LogP contribution is -2.37. The Kier molecular flexibility index (Phi) is 7.17. The van der Waals surface area contributed by atoms with Crippen LogP contribution in [0.1, 0.15) is 36.8 Å². The second-order valence-corrected chi connectivity index (χ2v) is 7.49. The Morgan fingerprint density at radius 3 is 2.67 bits per heavy atom. The van der Waals surface area contributed by atoms with Gasteiger partial charge in [-0.1, -0.05) is 0 Å². The van der Waals surface area contributed by atoms with Gasteiger partial charge in [0.1, 0.15) is 18.3 Å². The van der Waals surface area contributed by atoms with Gasteiger partial charge in [0.2, 0.25) is 5.91 Å². The van der Waals surface area contributed by atoms with Gasteiger partial charge in [-0.2, -0.15) is 0 Å². The van der Waals surface area contributed by atoms with Crippen molar-refractivity contribution in [2.24, 2.45) is 5.73 Å². The number of nitrogens with two attached hydrogens (primary N) is 1. The molecule has 0 radical (unpaired) electrons. The van der Waals surface area contributed by atoms with Crippen LogP contribution in [0.3, 0.4) is 0 Å². The van der Waals surface area contributed by atoms with Gasteiger partial charge in [-0.15, -0.1) is 10.2 Å². The van der Waals surface area contributed by atoms with Crippen LogP contribution in [0.2, 0.25) is 0 Å². The molecule has 152 valence electrons. The van der Waals surface area contributed by atoms with Crippen molar-refractivity contribution in [3.63, 3.8) is 0 Å². The fourth-order valence-corrected chi connectivity index (χ4v) is 3.86. The summed E-state index contributed by atoms with van der Waals surface area (Å²) in [6.07, 6.45) is 2.91. The topological polar surface area (TPSA) is 98.7 Å². The number of hydrogen-bond donors (Lipinski definition) is 1. The molecule has 1 saturated heterocycles. The summed E-state index contributed by atoms with van der Waals surface area (Å²) in [5.41, 5.74) is 5.96. The maximum absolute atomic E-state index is 12.1. The Bertz CT molecular complexity index is 616. The smallest absolute Gasteiger partial charge is 0.248 e. The molecule has 9 nitrogen and oxygen atoms in total. The highest BCUT2D eigenvalue weighted by atomic mass is 16.5. The molecule has 1 aliphatic carbocycles. The average molecular weight is 380 g/mol. The van der Waals surface area contributed by atoms with E-state index >= 15 is 0 Å². The van der Waals surface area contributed by atoms with Crippen LogP contribution in [0.15, 0.2) is 0 Å². The standard InChI is InChI=1S/C18H32N6O3/c1-26-9-8-24-16(20-21-18(24)14-10-15(19)11-14)12-22-4-3-5-23(7-6-22)17(25)13-27-2/h14-15H,3-13,19H2,1-2H3. The van der Waals surface area contributed by atoms with Crippen LogP contribution in [0.4, 0.5) is 0 Å². The second-order valence-electron chi connectivity index (χ2n) is 7.49. The molecule has 1 aliphatic heterocycles. The molecule has 2 heterocycles. The summed E-state index contributed by atoms with van der Waals surface area (Å²) in [6, 6.07) is 0.284. The summed E-state index contributed by atoms with van der Waals surface area (Å²) < 4.78 is 12.5. The van der Waals surface area contributed by atoms with E-state index < -0.39 is 0 Å². The molecular formula is C18H32N6O3. The number of carbonyl (C=O) groups excluding carboxylic acids is 1. The first kappa shape index (κ1) is 20.2. The van der Waals surface area contributed by atoms with Crippen LogP contribution in [0.5, 0.6) is 0 Å². The van der Waals surface area contributed by atoms with Crippen LogP contribution in [-0.4, -0.2) is 90.1 Å². The number of ether oxygens (including phenoxy) is 2. The van der Waals surface area contributed by atoms with Gasteiger partial charge in [-0.25, -0.2) is 0 Å². The molecule has 1 saturated carbocycles. The van der Waals surface area contributed by atoms with Crippen molar-refractivity contribution in [1.29, 1.82) is 0 Å². The first-order valence-electron chi connectivity index (χ1n) is 9.78. The Morgan fingerprint density at radius 1 is 1.15 bits per heavy atom. The van der Waals surface area contributed by atoms with Crippen molar-refractivity contribution in [3.8, 4) is 0 Å². The molecule has 0 bridgehead atoms. The molecule has 2 aliphatic rings. The third kappa shape index (κ3) is 5.04. The van der Waals surface area contributed by atoms with Crippen LogP contribution in [-0.2, 0) is 27.4 Å². The molecule has 1 aromatic rings. The first-order valence-corrected chi connectivity index (χ1v) is 9.78. The minimum Gasteiger partial charge on any atom is -0.383 e. The third-order valence-corrected chi connectivity index (χ3v) is 5.49. The fourth-order valence-electron chi connectivity index (χ4n) is 3.86. The van der Waals surface area contributed by atoms with Crippen molar-refractivity contribution in [2.75, 3.05) is 53.6 Å². The minimum absolute atomic E-state index is 0.0613. The van der Waals surface area contributed by atoms with Crippen molar-refractivity contribution in [2.45, 2.75) is 44.3 Å². The largest absolute Gasteiger partial charge is 0.383 e. The van der Waals surface area contributed by atoms with Gasteiger partial charge in [0.05, 0.1) is 13.2 Å². The number of methoxy groups -OCH3 is 2. The highest BCUT2D eigenvalue weighted by Gasteiger charge is 2.32. The summed E-state index contributed by atoms with van der Waals surface area (Å²) in [4.78, 5) is 16.3. The van der Waals surface area contributed by atoms with E-state index in [4.69, 9.17) is 15.2 Å². The number of aromatic nitrogens is 3. The van der Waals surface area contributed by atoms with Crippen molar-refractivity contribution >= 4 is 5.91 Å². The molecule has 3 rings (SSSR count). The van der Waals surface area contributed by atoms with E-state index in [1.807, 2.05) is 4.90 Å². The molecule has 0 atom stereocenters. The van der Waals surface area contributed by atoms with E-state index in [1.165, 1.54) is 0 Å². The van der Waals surface area contributed by atoms with Crippen molar-refractivity contribution in [1.82, 2.24) is 24.6 Å². The lowest BCUT2D eigenvalue weighted by molar-refractivity contribution is -0.135. The van der Waals surface area contributed by atoms with E-state index in [1.54, 1.807) is 14.2 Å². The molecule has 2 N–H and O–H groups in total. The number of rotatable bonds is 8. The molecular weight excluding hydrogens is 348 g/mol. The van der Waals surface area contributed by atoms with Crippen molar-refractivity contribution in [3.05, 3.63) is 11.6 Å². The second kappa shape index (κ2) is 9.59. The van der Waals surface area contributed by atoms with E-state index in [0.29, 0.717) is 12.5 Å². The van der Waals surface area contributed by atoms with E-state index in [2.05, 4.69) is 19.7 Å². The van der Waals surface area contributed by atoms with Gasteiger partial charge in [-0.05, 0) is 19.3 Å². The van der Waals surface area contributed by atoms with E-state index in [9.17, 15) is 4.79 Å². The van der Waals surface area contributed by atoms with E-state index in [0.717, 1.165) is 70.2 Å². The Labute approximate surface area is 160 Å². The lowest BCUT2D eigenvalue weighted by atomic mass is 9.80. The number of amides is 1. The minimum atomic E-state index is 0.0613. The highest BCUT2D eigenvalue weighted by Crippen LogP contribution is 2.34. The molecule has 0 unspecified atom stereocenters. The van der Waals surface area contributed by atoms with Crippen molar-refractivity contribution < 1.29 is 14.3 Å². The lowest BCUT2D eigenvalue weighted by Gasteiger charge is -2.32. The number of nitrogens with zero attached hydrogens (tertiary/aromatic N) is 5. The zero-order chi connectivity index (χ0) is 19.2. The summed E-state index contributed by atoms with van der Waals surface area (Å²) in [6.45, 7) is 5.55. The predicted octanol–water partition coefficient (Wildman–Crippen LogP) is -0.190. The number of carbonyl (C=O) groups is 1. The van der Waals surface area contributed by atoms with Crippen LogP contribution in [0.25, 0.3) is 0 Å². The summed E-state index contributed by atoms with van der Waals surface area (Å²) in [5.74, 6) is 2.48.